The fourth-order valence-electron chi connectivity index (χ4n) is 3.87. The number of nitrogens with zero attached hydrogens (tertiary/aromatic N) is 4. The molecule has 5 heteroatoms. The van der Waals surface area contributed by atoms with E-state index in [-0.39, 0.29) is 5.91 Å². The third-order valence-corrected chi connectivity index (χ3v) is 5.32. The highest BCUT2D eigenvalue weighted by Gasteiger charge is 2.18. The Morgan fingerprint density at radius 1 is 1.12 bits per heavy atom. The van der Waals surface area contributed by atoms with Crippen LogP contribution in [0.25, 0.3) is 16.6 Å². The number of carbonyl (C=O) groups excluding carboxylic acids is 1. The number of aromatic nitrogens is 3. The monoisotopic (exact) mass is 336 g/mol. The summed E-state index contributed by atoms with van der Waals surface area (Å²) in [5, 5.41) is 5.77. The molecule has 3 heterocycles. The molecule has 1 amide bonds. The van der Waals surface area contributed by atoms with Gasteiger partial charge in [-0.25, -0.2) is 9.50 Å². The van der Waals surface area contributed by atoms with Gasteiger partial charge in [0.25, 0.3) is 0 Å². The van der Waals surface area contributed by atoms with E-state index in [0.717, 1.165) is 65.9 Å². The Kier molecular flexibility index (Phi) is 4.15. The van der Waals surface area contributed by atoms with Crippen LogP contribution in [0.1, 0.15) is 42.6 Å². The number of fused-ring (bicyclic) bond motifs is 3. The van der Waals surface area contributed by atoms with Crippen molar-refractivity contribution in [2.24, 2.45) is 0 Å². The van der Waals surface area contributed by atoms with E-state index in [1.807, 2.05) is 34.5 Å². The summed E-state index contributed by atoms with van der Waals surface area (Å²) in [6.45, 7) is 5.95. The number of piperidine rings is 1. The van der Waals surface area contributed by atoms with Crippen molar-refractivity contribution in [3.63, 3.8) is 0 Å². The molecule has 0 bridgehead atoms. The van der Waals surface area contributed by atoms with Crippen molar-refractivity contribution in [1.29, 1.82) is 0 Å². The molecule has 0 atom stereocenters. The predicted molar refractivity (Wildman–Crippen MR) is 98.7 cm³/mol. The minimum Gasteiger partial charge on any atom is -0.343 e. The molecule has 130 valence electrons. The Morgan fingerprint density at radius 3 is 2.68 bits per heavy atom. The standard InChI is InChI=1S/C20H24N4O/c1-14-16(10-11-19(25)23-12-6-3-7-13-23)15(2)24-20(21-14)17-8-4-5-9-18(17)22-24/h4-5,8-9H,3,6-7,10-13H2,1-2H3. The number of amides is 1. The molecule has 25 heavy (non-hydrogen) atoms. The van der Waals surface area contributed by atoms with E-state index in [2.05, 4.69) is 13.0 Å². The van der Waals surface area contributed by atoms with Gasteiger partial charge in [0, 0.05) is 36.3 Å². The molecule has 0 N–H and O–H groups in total. The van der Waals surface area contributed by atoms with Crippen LogP contribution in [-0.4, -0.2) is 38.5 Å². The zero-order valence-corrected chi connectivity index (χ0v) is 15.0. The van der Waals surface area contributed by atoms with Gasteiger partial charge in [-0.1, -0.05) is 12.1 Å². The molecule has 0 aliphatic carbocycles. The first-order valence-electron chi connectivity index (χ1n) is 9.16. The van der Waals surface area contributed by atoms with Crippen LogP contribution in [0.3, 0.4) is 0 Å². The van der Waals surface area contributed by atoms with Gasteiger partial charge in [0.05, 0.1) is 5.52 Å². The summed E-state index contributed by atoms with van der Waals surface area (Å²) >= 11 is 0. The lowest BCUT2D eigenvalue weighted by Gasteiger charge is -2.26. The smallest absolute Gasteiger partial charge is 0.222 e. The van der Waals surface area contributed by atoms with Gasteiger partial charge in [0.15, 0.2) is 5.65 Å². The van der Waals surface area contributed by atoms with E-state index in [1.54, 1.807) is 0 Å². The van der Waals surface area contributed by atoms with Crippen molar-refractivity contribution >= 4 is 22.5 Å². The Balaban J connectivity index is 1.63. The maximum absolute atomic E-state index is 12.5. The van der Waals surface area contributed by atoms with Gasteiger partial charge in [-0.15, -0.1) is 0 Å². The van der Waals surface area contributed by atoms with E-state index < -0.39 is 0 Å². The summed E-state index contributed by atoms with van der Waals surface area (Å²) in [5.74, 6) is 0.268. The second kappa shape index (κ2) is 6.47. The minimum absolute atomic E-state index is 0.268. The SMILES string of the molecule is Cc1nc2c3ccccc3nn2c(C)c1CCC(=O)N1CCCCC1. The van der Waals surface area contributed by atoms with E-state index in [9.17, 15) is 4.79 Å². The van der Waals surface area contributed by atoms with Gasteiger partial charge in [0.2, 0.25) is 5.91 Å². The van der Waals surface area contributed by atoms with Crippen molar-refractivity contribution < 1.29 is 4.79 Å². The molecule has 0 saturated carbocycles. The van der Waals surface area contributed by atoms with E-state index in [1.165, 1.54) is 6.42 Å². The molecule has 1 aromatic carbocycles. The van der Waals surface area contributed by atoms with E-state index >= 15 is 0 Å². The molecule has 0 unspecified atom stereocenters. The summed E-state index contributed by atoms with van der Waals surface area (Å²) in [6, 6.07) is 8.08. The average Bonchev–Trinajstić information content (AvgIpc) is 3.01. The topological polar surface area (TPSA) is 50.5 Å². The molecule has 1 aliphatic heterocycles. The summed E-state index contributed by atoms with van der Waals surface area (Å²) in [7, 11) is 0. The maximum atomic E-state index is 12.5. The molecule has 4 rings (SSSR count). The summed E-state index contributed by atoms with van der Waals surface area (Å²) in [4.78, 5) is 19.3. The Labute approximate surface area is 147 Å². The van der Waals surface area contributed by atoms with Gasteiger partial charge >= 0.3 is 0 Å². The van der Waals surface area contributed by atoms with Crippen LogP contribution in [0.4, 0.5) is 0 Å². The van der Waals surface area contributed by atoms with E-state index in [0.29, 0.717) is 6.42 Å². The third kappa shape index (κ3) is 2.88. The number of hydrogen-bond acceptors (Lipinski definition) is 3. The number of likely N-dealkylation sites (tertiary alicyclic amines) is 1. The molecule has 2 aromatic heterocycles. The number of hydrogen-bond donors (Lipinski definition) is 0. The number of rotatable bonds is 3. The van der Waals surface area contributed by atoms with Crippen LogP contribution < -0.4 is 0 Å². The molecule has 3 aromatic rings. The van der Waals surface area contributed by atoms with Gasteiger partial charge in [-0.3, -0.25) is 4.79 Å². The fraction of sp³-hybridized carbons (Fsp3) is 0.450. The third-order valence-electron chi connectivity index (χ3n) is 5.32. The van der Waals surface area contributed by atoms with Crippen LogP contribution in [0, 0.1) is 13.8 Å². The quantitative estimate of drug-likeness (QED) is 0.736. The van der Waals surface area contributed by atoms with Crippen LogP contribution >= 0.6 is 0 Å². The van der Waals surface area contributed by atoms with Crippen LogP contribution in [0.15, 0.2) is 24.3 Å². The van der Waals surface area contributed by atoms with Crippen molar-refractivity contribution in [2.45, 2.75) is 46.0 Å². The molecule has 0 radical (unpaired) electrons. The van der Waals surface area contributed by atoms with Gasteiger partial charge in [-0.2, -0.15) is 5.10 Å². The lowest BCUT2D eigenvalue weighted by molar-refractivity contribution is -0.132. The average molecular weight is 336 g/mol. The molecule has 1 fully saturated rings. The van der Waals surface area contributed by atoms with Crippen LogP contribution in [0.2, 0.25) is 0 Å². The first kappa shape index (κ1) is 16.1. The van der Waals surface area contributed by atoms with Gasteiger partial charge in [0.1, 0.15) is 0 Å². The van der Waals surface area contributed by atoms with Crippen molar-refractivity contribution in [1.82, 2.24) is 19.5 Å². The highest BCUT2D eigenvalue weighted by molar-refractivity contribution is 5.92. The molecular formula is C20H24N4O. The second-order valence-electron chi connectivity index (χ2n) is 6.96. The zero-order chi connectivity index (χ0) is 17.4. The molecular weight excluding hydrogens is 312 g/mol. The van der Waals surface area contributed by atoms with Crippen LogP contribution in [-0.2, 0) is 11.2 Å². The molecule has 1 saturated heterocycles. The Morgan fingerprint density at radius 2 is 1.88 bits per heavy atom. The Hall–Kier alpha value is -2.43. The lowest BCUT2D eigenvalue weighted by Crippen LogP contribution is -2.35. The largest absolute Gasteiger partial charge is 0.343 e. The number of benzene rings is 1. The van der Waals surface area contributed by atoms with Crippen LogP contribution in [0.5, 0.6) is 0 Å². The fourth-order valence-corrected chi connectivity index (χ4v) is 3.87. The highest BCUT2D eigenvalue weighted by Crippen LogP contribution is 2.23. The first-order chi connectivity index (χ1) is 12.1. The second-order valence-corrected chi connectivity index (χ2v) is 6.96. The Bertz CT molecular complexity index is 938. The number of aryl methyl sites for hydroxylation is 2. The summed E-state index contributed by atoms with van der Waals surface area (Å²) in [5.41, 5.74) is 5.09. The van der Waals surface area contributed by atoms with Gasteiger partial charge < -0.3 is 4.90 Å². The molecule has 1 aliphatic rings. The summed E-state index contributed by atoms with van der Waals surface area (Å²) < 4.78 is 1.93. The first-order valence-corrected chi connectivity index (χ1v) is 9.16. The van der Waals surface area contributed by atoms with Crippen molar-refractivity contribution in [3.8, 4) is 0 Å². The van der Waals surface area contributed by atoms with Crippen molar-refractivity contribution in [3.05, 3.63) is 41.2 Å². The molecule has 5 nitrogen and oxygen atoms in total. The van der Waals surface area contributed by atoms with E-state index in [4.69, 9.17) is 10.1 Å². The predicted octanol–water partition coefficient (Wildman–Crippen LogP) is 3.44. The minimum atomic E-state index is 0.268. The van der Waals surface area contributed by atoms with Gasteiger partial charge in [-0.05, 0) is 57.2 Å². The number of carbonyl (C=O) groups is 1. The zero-order valence-electron chi connectivity index (χ0n) is 15.0. The van der Waals surface area contributed by atoms with Crippen molar-refractivity contribution in [2.75, 3.05) is 13.1 Å². The lowest BCUT2D eigenvalue weighted by atomic mass is 10.0. The normalized spacial score (nSPS) is 15.2. The molecule has 0 spiro atoms. The highest BCUT2D eigenvalue weighted by atomic mass is 16.2. The summed E-state index contributed by atoms with van der Waals surface area (Å²) in [6.07, 6.45) is 4.80. The maximum Gasteiger partial charge on any atom is 0.222 e.